The normalized spacial score (nSPS) is 20.0. The van der Waals surface area contributed by atoms with Crippen LogP contribution in [0.3, 0.4) is 0 Å². The van der Waals surface area contributed by atoms with Gasteiger partial charge in [0.15, 0.2) is 0 Å². The smallest absolute Gasteiger partial charge is 0.214 e. The number of hydrogen-bond donors (Lipinski definition) is 1. The molecule has 0 bridgehead atoms. The molecule has 0 aromatic heterocycles. The van der Waals surface area contributed by atoms with Crippen LogP contribution in [0.2, 0.25) is 0 Å². The summed E-state index contributed by atoms with van der Waals surface area (Å²) in [5, 5.41) is -0.498. The van der Waals surface area contributed by atoms with Crippen molar-refractivity contribution in [3.05, 3.63) is 60.2 Å². The highest BCUT2D eigenvalue weighted by Crippen LogP contribution is 2.20. The Morgan fingerprint density at radius 1 is 1.04 bits per heavy atom. The molecule has 0 radical (unpaired) electrons. The van der Waals surface area contributed by atoms with Crippen molar-refractivity contribution >= 4 is 10.0 Å². The first-order chi connectivity index (χ1) is 12.9. The summed E-state index contributed by atoms with van der Waals surface area (Å²) < 4.78 is 43.9. The van der Waals surface area contributed by atoms with E-state index < -0.39 is 21.3 Å². The number of para-hydroxylation sites is 1. The summed E-state index contributed by atoms with van der Waals surface area (Å²) in [7, 11) is -3.37. The van der Waals surface area contributed by atoms with Gasteiger partial charge in [-0.2, -0.15) is 0 Å². The Hall–Kier alpha value is -2.09. The Morgan fingerprint density at radius 2 is 1.74 bits per heavy atom. The number of hydrogen-bond acceptors (Lipinski definition) is 5. The third kappa shape index (κ3) is 5.45. The predicted molar refractivity (Wildman–Crippen MR) is 103 cm³/mol. The molecule has 1 heterocycles. The first kappa shape index (κ1) is 19.7. The molecule has 0 spiro atoms. The summed E-state index contributed by atoms with van der Waals surface area (Å²) in [6.07, 6.45) is -0.357. The van der Waals surface area contributed by atoms with Crippen LogP contribution in [0.4, 0.5) is 0 Å². The lowest BCUT2D eigenvalue weighted by Gasteiger charge is -2.21. The van der Waals surface area contributed by atoms with Crippen LogP contribution in [0.1, 0.15) is 19.4 Å². The van der Waals surface area contributed by atoms with E-state index in [1.807, 2.05) is 54.6 Å². The molecule has 2 atom stereocenters. The minimum atomic E-state index is -3.37. The first-order valence-electron chi connectivity index (χ1n) is 8.96. The molecule has 1 N–H and O–H groups in total. The highest BCUT2D eigenvalue weighted by Gasteiger charge is 2.34. The van der Waals surface area contributed by atoms with Crippen molar-refractivity contribution in [3.63, 3.8) is 0 Å². The molecule has 6 nitrogen and oxygen atoms in total. The zero-order valence-electron chi connectivity index (χ0n) is 15.5. The quantitative estimate of drug-likeness (QED) is 0.749. The summed E-state index contributed by atoms with van der Waals surface area (Å²) in [5.74, 6) is 1.49. The van der Waals surface area contributed by atoms with Crippen LogP contribution < -0.4 is 14.2 Å². The van der Waals surface area contributed by atoms with E-state index in [-0.39, 0.29) is 6.10 Å². The Balaban J connectivity index is 1.56. The van der Waals surface area contributed by atoms with Gasteiger partial charge in [0.1, 0.15) is 24.2 Å². The summed E-state index contributed by atoms with van der Waals surface area (Å²) in [6, 6.07) is 16.8. The lowest BCUT2D eigenvalue weighted by Crippen LogP contribution is -2.47. The molecular weight excluding hydrogens is 366 g/mol. The van der Waals surface area contributed by atoms with Gasteiger partial charge in [0, 0.05) is 0 Å². The van der Waals surface area contributed by atoms with Crippen molar-refractivity contribution in [2.45, 2.75) is 37.9 Å². The third-order valence-electron chi connectivity index (χ3n) is 4.32. The molecular formula is C20H25NO5S. The van der Waals surface area contributed by atoms with E-state index in [1.165, 1.54) is 0 Å². The fraction of sp³-hybridized carbons (Fsp3) is 0.400. The van der Waals surface area contributed by atoms with E-state index in [1.54, 1.807) is 13.8 Å². The maximum absolute atomic E-state index is 12.1. The van der Waals surface area contributed by atoms with Gasteiger partial charge in [-0.15, -0.1) is 0 Å². The number of sulfonamides is 1. The lowest BCUT2D eigenvalue weighted by molar-refractivity contribution is 0.140. The second-order valence-electron chi connectivity index (χ2n) is 6.76. The van der Waals surface area contributed by atoms with Gasteiger partial charge in [0.2, 0.25) is 10.0 Å². The molecule has 0 aliphatic carbocycles. The van der Waals surface area contributed by atoms with E-state index in [0.717, 1.165) is 11.3 Å². The van der Waals surface area contributed by atoms with Crippen LogP contribution in [0.15, 0.2) is 54.6 Å². The van der Waals surface area contributed by atoms with Crippen LogP contribution in [0, 0.1) is 0 Å². The van der Waals surface area contributed by atoms with Gasteiger partial charge in [-0.25, -0.2) is 13.1 Å². The van der Waals surface area contributed by atoms with E-state index in [2.05, 4.69) is 4.72 Å². The number of benzene rings is 2. The molecule has 2 unspecified atom stereocenters. The molecule has 1 fully saturated rings. The van der Waals surface area contributed by atoms with Gasteiger partial charge in [-0.3, -0.25) is 0 Å². The monoisotopic (exact) mass is 391 g/mol. The Kier molecular flexibility index (Phi) is 6.36. The number of ether oxygens (including phenoxy) is 3. The Labute approximate surface area is 160 Å². The summed E-state index contributed by atoms with van der Waals surface area (Å²) in [5.41, 5.74) is 1.02. The van der Waals surface area contributed by atoms with Crippen molar-refractivity contribution in [1.82, 2.24) is 4.72 Å². The summed E-state index contributed by atoms with van der Waals surface area (Å²) in [4.78, 5) is 0. The zero-order chi connectivity index (χ0) is 19.3. The molecule has 1 aliphatic rings. The molecule has 27 heavy (non-hydrogen) atoms. The van der Waals surface area contributed by atoms with E-state index in [0.29, 0.717) is 25.6 Å². The fourth-order valence-electron chi connectivity index (χ4n) is 2.63. The highest BCUT2D eigenvalue weighted by atomic mass is 32.2. The average molecular weight is 391 g/mol. The Bertz CT molecular complexity index is 821. The Morgan fingerprint density at radius 3 is 2.41 bits per heavy atom. The number of nitrogens with one attached hydrogen (secondary N) is 1. The maximum Gasteiger partial charge on any atom is 0.214 e. The van der Waals surface area contributed by atoms with Crippen molar-refractivity contribution in [3.8, 4) is 11.5 Å². The van der Waals surface area contributed by atoms with Crippen LogP contribution in [-0.2, 0) is 21.4 Å². The molecule has 3 rings (SSSR count). The van der Waals surface area contributed by atoms with Gasteiger partial charge in [-0.05, 0) is 43.7 Å². The molecule has 146 valence electrons. The second kappa shape index (κ2) is 8.73. The zero-order valence-corrected chi connectivity index (χ0v) is 16.3. The van der Waals surface area contributed by atoms with Crippen LogP contribution in [0.5, 0.6) is 11.5 Å². The molecule has 7 heteroatoms. The van der Waals surface area contributed by atoms with Crippen molar-refractivity contribution in [2.75, 3.05) is 13.2 Å². The van der Waals surface area contributed by atoms with E-state index in [9.17, 15) is 8.42 Å². The molecule has 1 saturated heterocycles. The largest absolute Gasteiger partial charge is 0.489 e. The van der Waals surface area contributed by atoms with Crippen molar-refractivity contribution < 1.29 is 22.6 Å². The van der Waals surface area contributed by atoms with Gasteiger partial charge in [0.05, 0.1) is 24.5 Å². The summed E-state index contributed by atoms with van der Waals surface area (Å²) in [6.45, 7) is 4.41. The third-order valence-corrected chi connectivity index (χ3v) is 6.20. The second-order valence-corrected chi connectivity index (χ2v) is 9.03. The minimum absolute atomic E-state index is 0.305. The maximum atomic E-state index is 12.1. The molecule has 2 aromatic rings. The highest BCUT2D eigenvalue weighted by molar-refractivity contribution is 7.90. The lowest BCUT2D eigenvalue weighted by atomic mass is 10.2. The predicted octanol–water partition coefficient (Wildman–Crippen LogP) is 2.74. The van der Waals surface area contributed by atoms with Crippen molar-refractivity contribution in [1.29, 1.82) is 0 Å². The van der Waals surface area contributed by atoms with Crippen LogP contribution >= 0.6 is 0 Å². The van der Waals surface area contributed by atoms with Gasteiger partial charge in [0.25, 0.3) is 0 Å². The fourth-order valence-corrected chi connectivity index (χ4v) is 3.54. The number of rotatable bonds is 8. The van der Waals surface area contributed by atoms with Crippen LogP contribution in [-0.4, -0.2) is 39.0 Å². The summed E-state index contributed by atoms with van der Waals surface area (Å²) >= 11 is 0. The minimum Gasteiger partial charge on any atom is -0.489 e. The standard InChI is InChI=1S/C20H25NO5S/c1-15(2)27(22,23)21-19-13-24-14-20(19)26-18-10-8-16(9-11-18)12-25-17-6-4-3-5-7-17/h3-11,15,19-21H,12-14H2,1-2H3. The SMILES string of the molecule is CC(C)S(=O)(=O)NC1COCC1Oc1ccc(COc2ccccc2)cc1. The molecule has 1 aliphatic heterocycles. The average Bonchev–Trinajstić information content (AvgIpc) is 3.08. The van der Waals surface area contributed by atoms with E-state index >= 15 is 0 Å². The molecule has 0 saturated carbocycles. The van der Waals surface area contributed by atoms with Gasteiger partial charge in [-0.1, -0.05) is 30.3 Å². The van der Waals surface area contributed by atoms with Crippen LogP contribution in [0.25, 0.3) is 0 Å². The van der Waals surface area contributed by atoms with E-state index in [4.69, 9.17) is 14.2 Å². The van der Waals surface area contributed by atoms with Crippen molar-refractivity contribution in [2.24, 2.45) is 0 Å². The van der Waals surface area contributed by atoms with Gasteiger partial charge < -0.3 is 14.2 Å². The topological polar surface area (TPSA) is 73.9 Å². The molecule has 2 aromatic carbocycles. The van der Waals surface area contributed by atoms with Gasteiger partial charge >= 0.3 is 0 Å². The molecule has 0 amide bonds. The first-order valence-corrected chi connectivity index (χ1v) is 10.5.